The number of benzene rings is 1. The maximum atomic E-state index is 11.9. The van der Waals surface area contributed by atoms with Gasteiger partial charge in [-0.05, 0) is 87.1 Å². The number of esters is 1. The van der Waals surface area contributed by atoms with Gasteiger partial charge in [-0.25, -0.2) is 9.78 Å². The van der Waals surface area contributed by atoms with Crippen LogP contribution in [0.2, 0.25) is 0 Å². The number of aromatic amines is 1. The smallest absolute Gasteiger partial charge is 0.356 e. The zero-order valence-electron chi connectivity index (χ0n) is 18.2. The fraction of sp³-hybridized carbons (Fsp3) is 0.440. The summed E-state index contributed by atoms with van der Waals surface area (Å²) in [6, 6.07) is 10.6. The predicted octanol–water partition coefficient (Wildman–Crippen LogP) is 5.30. The first-order valence-corrected chi connectivity index (χ1v) is 11.0. The second kappa shape index (κ2) is 9.00. The molecular weight excluding hydrogens is 374 g/mol. The summed E-state index contributed by atoms with van der Waals surface area (Å²) in [5, 5.41) is 1.26. The van der Waals surface area contributed by atoms with E-state index in [0.717, 1.165) is 16.8 Å². The maximum absolute atomic E-state index is 11.9. The van der Waals surface area contributed by atoms with Gasteiger partial charge < -0.3 is 14.6 Å². The van der Waals surface area contributed by atoms with Crippen LogP contribution in [0.5, 0.6) is 0 Å². The van der Waals surface area contributed by atoms with Crippen molar-refractivity contribution in [3.05, 3.63) is 53.3 Å². The molecule has 5 nitrogen and oxygen atoms in total. The van der Waals surface area contributed by atoms with E-state index in [1.54, 1.807) is 12.3 Å². The molecule has 0 unspecified atom stereocenters. The number of methoxy groups -OCH3 is 1. The molecule has 0 bridgehead atoms. The Kier molecular flexibility index (Phi) is 6.18. The lowest BCUT2D eigenvalue weighted by molar-refractivity contribution is 0.0594. The number of fused-ring (bicyclic) bond motifs is 1. The highest BCUT2D eigenvalue weighted by molar-refractivity contribution is 5.93. The summed E-state index contributed by atoms with van der Waals surface area (Å²) in [4.78, 5) is 22.1. The van der Waals surface area contributed by atoms with E-state index < -0.39 is 5.97 Å². The molecule has 2 aromatic heterocycles. The zero-order chi connectivity index (χ0) is 21.1. The van der Waals surface area contributed by atoms with E-state index in [1.165, 1.54) is 68.9 Å². The van der Waals surface area contributed by atoms with Gasteiger partial charge in [0.2, 0.25) is 0 Å². The largest absolute Gasteiger partial charge is 0.464 e. The van der Waals surface area contributed by atoms with Gasteiger partial charge in [0.05, 0.1) is 7.11 Å². The van der Waals surface area contributed by atoms with Gasteiger partial charge in [0.25, 0.3) is 0 Å². The molecule has 30 heavy (non-hydrogen) atoms. The number of aryl methyl sites for hydroxylation is 1. The third kappa shape index (κ3) is 4.12. The monoisotopic (exact) mass is 405 g/mol. The molecule has 1 N–H and O–H groups in total. The molecule has 1 aliphatic heterocycles. The third-order valence-electron chi connectivity index (χ3n) is 6.41. The minimum absolute atomic E-state index is 0.323. The van der Waals surface area contributed by atoms with Crippen molar-refractivity contribution in [2.75, 3.05) is 26.7 Å². The van der Waals surface area contributed by atoms with Crippen LogP contribution in [0.25, 0.3) is 22.2 Å². The Bertz CT molecular complexity index is 1030. The molecule has 1 fully saturated rings. The molecule has 5 heteroatoms. The Morgan fingerprint density at radius 2 is 2.03 bits per heavy atom. The number of carbonyl (C=O) groups excluding carboxylic acids is 1. The van der Waals surface area contributed by atoms with Crippen LogP contribution in [-0.4, -0.2) is 47.6 Å². The molecule has 0 spiro atoms. The van der Waals surface area contributed by atoms with Crippen molar-refractivity contribution >= 4 is 16.9 Å². The van der Waals surface area contributed by atoms with Crippen LogP contribution in [0, 0.1) is 6.92 Å². The second-order valence-corrected chi connectivity index (χ2v) is 8.32. The van der Waals surface area contributed by atoms with E-state index in [2.05, 4.69) is 46.9 Å². The Labute approximate surface area is 178 Å². The lowest BCUT2D eigenvalue weighted by Crippen LogP contribution is -2.33. The van der Waals surface area contributed by atoms with Gasteiger partial charge >= 0.3 is 5.97 Å². The van der Waals surface area contributed by atoms with Crippen LogP contribution >= 0.6 is 0 Å². The molecule has 1 aliphatic rings. The quantitative estimate of drug-likeness (QED) is 0.565. The number of nitrogens with zero attached hydrogens (tertiary/aromatic N) is 2. The van der Waals surface area contributed by atoms with Gasteiger partial charge in [-0.15, -0.1) is 0 Å². The van der Waals surface area contributed by atoms with Gasteiger partial charge in [-0.1, -0.05) is 19.4 Å². The molecule has 0 atom stereocenters. The first kappa shape index (κ1) is 20.6. The standard InChI is InChI=1S/C25H31N3O2/c1-4-5-12-28-13-9-18(10-14-28)19-6-7-22-21(15-19)17(2)24(27-22)20-8-11-26-23(16-20)25(29)30-3/h6-8,11,15-16,18,27H,4-5,9-10,12-14H2,1-3H3. The lowest BCUT2D eigenvalue weighted by atomic mass is 9.88. The van der Waals surface area contributed by atoms with Crippen molar-refractivity contribution in [2.24, 2.45) is 0 Å². The van der Waals surface area contributed by atoms with E-state index in [1.807, 2.05) is 6.07 Å². The topological polar surface area (TPSA) is 58.2 Å². The van der Waals surface area contributed by atoms with Gasteiger partial charge in [0.15, 0.2) is 0 Å². The van der Waals surface area contributed by atoms with Crippen molar-refractivity contribution in [3.8, 4) is 11.3 Å². The molecule has 158 valence electrons. The minimum Gasteiger partial charge on any atom is -0.464 e. The molecule has 3 heterocycles. The van der Waals surface area contributed by atoms with Crippen LogP contribution in [0.1, 0.15) is 60.1 Å². The molecule has 0 amide bonds. The first-order chi connectivity index (χ1) is 14.6. The highest BCUT2D eigenvalue weighted by Crippen LogP contribution is 2.34. The predicted molar refractivity (Wildman–Crippen MR) is 121 cm³/mol. The number of carbonyl (C=O) groups is 1. The molecular formula is C25H31N3O2. The molecule has 0 saturated carbocycles. The summed E-state index contributed by atoms with van der Waals surface area (Å²) in [5.41, 5.74) is 6.08. The highest BCUT2D eigenvalue weighted by atomic mass is 16.5. The number of unbranched alkanes of at least 4 members (excludes halogenated alkanes) is 1. The van der Waals surface area contributed by atoms with E-state index >= 15 is 0 Å². The number of H-pyrrole nitrogens is 1. The van der Waals surface area contributed by atoms with E-state index in [-0.39, 0.29) is 0 Å². The number of nitrogens with one attached hydrogen (secondary N) is 1. The fourth-order valence-corrected chi connectivity index (χ4v) is 4.56. The van der Waals surface area contributed by atoms with Crippen molar-refractivity contribution in [1.29, 1.82) is 0 Å². The highest BCUT2D eigenvalue weighted by Gasteiger charge is 2.21. The van der Waals surface area contributed by atoms with Gasteiger partial charge in [0.1, 0.15) is 5.69 Å². The summed E-state index contributed by atoms with van der Waals surface area (Å²) in [5.74, 6) is 0.218. The molecule has 3 aromatic rings. The molecule has 0 aliphatic carbocycles. The Morgan fingerprint density at radius 1 is 1.23 bits per heavy atom. The van der Waals surface area contributed by atoms with Crippen molar-refractivity contribution in [3.63, 3.8) is 0 Å². The number of aromatic nitrogens is 2. The van der Waals surface area contributed by atoms with Crippen molar-refractivity contribution in [1.82, 2.24) is 14.9 Å². The number of pyridine rings is 1. The van der Waals surface area contributed by atoms with E-state index in [4.69, 9.17) is 4.74 Å². The van der Waals surface area contributed by atoms with Crippen LogP contribution in [-0.2, 0) is 4.74 Å². The summed E-state index contributed by atoms with van der Waals surface area (Å²) < 4.78 is 4.81. The molecule has 4 rings (SSSR count). The maximum Gasteiger partial charge on any atom is 0.356 e. The van der Waals surface area contributed by atoms with Crippen LogP contribution < -0.4 is 0 Å². The average Bonchev–Trinajstić information content (AvgIpc) is 3.13. The number of likely N-dealkylation sites (tertiary alicyclic amines) is 1. The molecule has 1 saturated heterocycles. The van der Waals surface area contributed by atoms with Crippen LogP contribution in [0.15, 0.2) is 36.5 Å². The second-order valence-electron chi connectivity index (χ2n) is 8.32. The number of hydrogen-bond acceptors (Lipinski definition) is 4. The number of rotatable bonds is 6. The summed E-state index contributed by atoms with van der Waals surface area (Å²) in [6.07, 6.45) is 6.69. The molecule has 1 aromatic carbocycles. The van der Waals surface area contributed by atoms with Crippen LogP contribution in [0.4, 0.5) is 0 Å². The fourth-order valence-electron chi connectivity index (χ4n) is 4.56. The first-order valence-electron chi connectivity index (χ1n) is 11.0. The SMILES string of the molecule is CCCCN1CCC(c2ccc3[nH]c(-c4ccnc(C(=O)OC)c4)c(C)c3c2)CC1. The average molecular weight is 406 g/mol. The molecule has 0 radical (unpaired) electrons. The van der Waals surface area contributed by atoms with Crippen molar-refractivity contribution in [2.45, 2.75) is 45.4 Å². The Morgan fingerprint density at radius 3 is 2.77 bits per heavy atom. The number of piperidine rings is 1. The minimum atomic E-state index is -0.418. The van der Waals surface area contributed by atoms with Crippen LogP contribution in [0.3, 0.4) is 0 Å². The third-order valence-corrected chi connectivity index (χ3v) is 6.41. The van der Waals surface area contributed by atoms with Crippen molar-refractivity contribution < 1.29 is 9.53 Å². The summed E-state index contributed by atoms with van der Waals surface area (Å²) in [6.45, 7) is 8.05. The van der Waals surface area contributed by atoms with E-state index in [9.17, 15) is 4.79 Å². The van der Waals surface area contributed by atoms with Gasteiger partial charge in [-0.3, -0.25) is 0 Å². The summed E-state index contributed by atoms with van der Waals surface area (Å²) in [7, 11) is 1.38. The zero-order valence-corrected chi connectivity index (χ0v) is 18.2. The lowest BCUT2D eigenvalue weighted by Gasteiger charge is -2.32. The van der Waals surface area contributed by atoms with E-state index in [0.29, 0.717) is 11.6 Å². The van der Waals surface area contributed by atoms with Gasteiger partial charge in [-0.2, -0.15) is 0 Å². The Balaban J connectivity index is 1.58. The normalized spacial score (nSPS) is 15.6. The van der Waals surface area contributed by atoms with Gasteiger partial charge in [0, 0.05) is 28.4 Å². The summed E-state index contributed by atoms with van der Waals surface area (Å²) >= 11 is 0. The Hall–Kier alpha value is -2.66. The number of hydrogen-bond donors (Lipinski definition) is 1. The number of ether oxygens (including phenoxy) is 1.